The third-order valence-electron chi connectivity index (χ3n) is 4.69. The van der Waals surface area contributed by atoms with E-state index >= 15 is 0 Å². The largest absolute Gasteiger partial charge is 0.469 e. The Morgan fingerprint density at radius 2 is 2.26 bits per heavy atom. The fraction of sp³-hybridized carbons (Fsp3) is 0.615. The fourth-order valence-electron chi connectivity index (χ4n) is 3.61. The first-order valence-electron chi connectivity index (χ1n) is 7.45. The minimum atomic E-state index is -4.41. The van der Waals surface area contributed by atoms with E-state index in [9.17, 15) is 4.57 Å². The molecule has 2 bridgehead atoms. The highest BCUT2D eigenvalue weighted by molar-refractivity contribution is 7.99. The van der Waals surface area contributed by atoms with E-state index in [4.69, 9.17) is 14.3 Å². The molecule has 3 atom stereocenters. The predicted molar refractivity (Wildman–Crippen MR) is 84.0 cm³/mol. The lowest BCUT2D eigenvalue weighted by Gasteiger charge is -2.20. The Hall–Kier alpha value is -0.990. The topological polar surface area (TPSA) is 110 Å². The van der Waals surface area contributed by atoms with Crippen molar-refractivity contribution >= 4 is 30.7 Å². The van der Waals surface area contributed by atoms with Crippen LogP contribution in [0.2, 0.25) is 0 Å². The molecular formula is C13H17N4O4PS. The molecule has 0 unspecified atom stereocenters. The summed E-state index contributed by atoms with van der Waals surface area (Å²) in [5.74, 6) is 1.39. The summed E-state index contributed by atoms with van der Waals surface area (Å²) in [5.41, 5.74) is 2.55. The van der Waals surface area contributed by atoms with Gasteiger partial charge in [0.25, 0.3) is 0 Å². The maximum atomic E-state index is 11.0. The summed E-state index contributed by atoms with van der Waals surface area (Å²) >= 11 is 1.68. The number of fused-ring (bicyclic) bond motifs is 6. The van der Waals surface area contributed by atoms with Crippen LogP contribution in [0.3, 0.4) is 0 Å². The minimum Gasteiger partial charge on any atom is -0.303 e. The molecule has 10 heteroatoms. The van der Waals surface area contributed by atoms with Gasteiger partial charge in [0.1, 0.15) is 11.8 Å². The number of aromatic nitrogens is 4. The molecule has 0 spiro atoms. The van der Waals surface area contributed by atoms with Gasteiger partial charge in [-0.25, -0.2) is 19.5 Å². The molecule has 4 rings (SSSR count). The first-order chi connectivity index (χ1) is 10.9. The summed E-state index contributed by atoms with van der Waals surface area (Å²) < 4.78 is 17.9. The summed E-state index contributed by atoms with van der Waals surface area (Å²) in [6, 6.07) is 0.245. The van der Waals surface area contributed by atoms with E-state index in [1.807, 2.05) is 6.92 Å². The lowest BCUT2D eigenvalue weighted by molar-refractivity contribution is 0.155. The van der Waals surface area contributed by atoms with Gasteiger partial charge < -0.3 is 14.4 Å². The van der Waals surface area contributed by atoms with Crippen LogP contribution in [0.25, 0.3) is 11.2 Å². The van der Waals surface area contributed by atoms with E-state index in [0.29, 0.717) is 5.92 Å². The van der Waals surface area contributed by atoms with Gasteiger partial charge >= 0.3 is 7.82 Å². The zero-order chi connectivity index (χ0) is 16.2. The second kappa shape index (κ2) is 5.53. The van der Waals surface area contributed by atoms with Gasteiger partial charge in [-0.1, -0.05) is 11.8 Å². The maximum Gasteiger partial charge on any atom is 0.469 e. The predicted octanol–water partition coefficient (Wildman–Crippen LogP) is 1.92. The Bertz CT molecular complexity index is 807. The molecule has 0 amide bonds. The van der Waals surface area contributed by atoms with Crippen LogP contribution in [0.1, 0.15) is 24.6 Å². The number of phosphoric acid groups is 1. The Balaban J connectivity index is 1.65. The number of phosphoric ester groups is 1. The molecule has 1 fully saturated rings. The van der Waals surface area contributed by atoms with Crippen molar-refractivity contribution in [2.24, 2.45) is 11.8 Å². The average molecular weight is 356 g/mol. The summed E-state index contributed by atoms with van der Waals surface area (Å²) in [7, 11) is -4.41. The SMILES string of the molecule is Cc1ncnc2c1nc1n2[C@H]2C[C@@H](COP(=O)(O)O)[C@@H](CS1)C2. The van der Waals surface area contributed by atoms with Crippen molar-refractivity contribution < 1.29 is 18.9 Å². The maximum absolute atomic E-state index is 11.0. The Morgan fingerprint density at radius 1 is 1.43 bits per heavy atom. The van der Waals surface area contributed by atoms with Crippen molar-refractivity contribution in [1.82, 2.24) is 19.5 Å². The molecule has 0 saturated heterocycles. The molecule has 3 heterocycles. The summed E-state index contributed by atoms with van der Waals surface area (Å²) in [6.07, 6.45) is 3.35. The van der Waals surface area contributed by atoms with Crippen molar-refractivity contribution in [3.8, 4) is 0 Å². The first kappa shape index (κ1) is 15.5. The van der Waals surface area contributed by atoms with Gasteiger partial charge in [-0.05, 0) is 31.6 Å². The van der Waals surface area contributed by atoms with Crippen LogP contribution in [0.15, 0.2) is 11.5 Å². The molecular weight excluding hydrogens is 339 g/mol. The molecule has 2 aromatic rings. The van der Waals surface area contributed by atoms with Gasteiger partial charge in [0.15, 0.2) is 10.8 Å². The molecule has 1 aliphatic carbocycles. The molecule has 1 aliphatic heterocycles. The zero-order valence-electron chi connectivity index (χ0n) is 12.5. The first-order valence-corrected chi connectivity index (χ1v) is 9.96. The average Bonchev–Trinajstić information content (AvgIpc) is 2.97. The van der Waals surface area contributed by atoms with Crippen LogP contribution in [0, 0.1) is 18.8 Å². The second-order valence-corrected chi connectivity index (χ2v) is 8.36. The fourth-order valence-corrected chi connectivity index (χ4v) is 5.29. The molecule has 2 aliphatic rings. The zero-order valence-corrected chi connectivity index (χ0v) is 14.2. The number of rotatable bonds is 3. The van der Waals surface area contributed by atoms with E-state index in [-0.39, 0.29) is 18.6 Å². The van der Waals surface area contributed by atoms with Crippen molar-refractivity contribution in [3.05, 3.63) is 12.0 Å². The van der Waals surface area contributed by atoms with E-state index in [0.717, 1.165) is 40.6 Å². The second-order valence-electron chi connectivity index (χ2n) is 6.14. The minimum absolute atomic E-state index is 0.0992. The van der Waals surface area contributed by atoms with E-state index in [1.165, 1.54) is 0 Å². The van der Waals surface area contributed by atoms with Gasteiger partial charge in [-0.2, -0.15) is 0 Å². The van der Waals surface area contributed by atoms with Gasteiger partial charge in [0.05, 0.1) is 12.3 Å². The van der Waals surface area contributed by atoms with Crippen LogP contribution in [-0.4, -0.2) is 41.7 Å². The van der Waals surface area contributed by atoms with Crippen molar-refractivity contribution in [2.75, 3.05) is 12.4 Å². The number of thioether (sulfide) groups is 1. The van der Waals surface area contributed by atoms with Crippen LogP contribution in [0.4, 0.5) is 0 Å². The highest BCUT2D eigenvalue weighted by Gasteiger charge is 2.40. The number of aryl methyl sites for hydroxylation is 1. The Morgan fingerprint density at radius 3 is 3.04 bits per heavy atom. The highest BCUT2D eigenvalue weighted by Crippen LogP contribution is 2.49. The van der Waals surface area contributed by atoms with Crippen LogP contribution in [0.5, 0.6) is 0 Å². The molecule has 0 radical (unpaired) electrons. The third-order valence-corrected chi connectivity index (χ3v) is 6.32. The lowest BCUT2D eigenvalue weighted by atomic mass is 9.99. The molecule has 8 nitrogen and oxygen atoms in total. The smallest absolute Gasteiger partial charge is 0.303 e. The van der Waals surface area contributed by atoms with Crippen molar-refractivity contribution in [1.29, 1.82) is 0 Å². The van der Waals surface area contributed by atoms with Crippen molar-refractivity contribution in [3.63, 3.8) is 0 Å². The Kier molecular flexibility index (Phi) is 3.73. The van der Waals surface area contributed by atoms with Crippen LogP contribution in [-0.2, 0) is 9.09 Å². The van der Waals surface area contributed by atoms with Gasteiger partial charge in [-0.3, -0.25) is 4.52 Å². The molecule has 2 aromatic heterocycles. The lowest BCUT2D eigenvalue weighted by Crippen LogP contribution is -2.17. The molecule has 124 valence electrons. The monoisotopic (exact) mass is 356 g/mol. The highest BCUT2D eigenvalue weighted by atomic mass is 32.2. The van der Waals surface area contributed by atoms with E-state index in [2.05, 4.69) is 19.5 Å². The molecule has 23 heavy (non-hydrogen) atoms. The summed E-state index contributed by atoms with van der Waals surface area (Å²) in [5, 5.41) is 0.963. The van der Waals surface area contributed by atoms with Gasteiger partial charge in [-0.15, -0.1) is 0 Å². The molecule has 1 saturated carbocycles. The van der Waals surface area contributed by atoms with Gasteiger partial charge in [0, 0.05) is 11.8 Å². The Labute approximate surface area is 136 Å². The van der Waals surface area contributed by atoms with Crippen LogP contribution < -0.4 is 0 Å². The number of hydrogen-bond acceptors (Lipinski definition) is 6. The molecule has 0 aromatic carbocycles. The third kappa shape index (κ3) is 2.81. The standard InChI is InChI=1S/C13H17N4O4PS/c1-7-11-12(15-6-14-7)17-10-2-8(4-21-22(18,19)20)9(3-10)5-23-13(17)16-11/h6,8-10H,2-5H2,1H3,(H2,18,19,20)/t8-,9+,10-/m0/s1. The van der Waals surface area contributed by atoms with Gasteiger partial charge in [0.2, 0.25) is 0 Å². The normalized spacial score (nSPS) is 27.2. The summed E-state index contributed by atoms with van der Waals surface area (Å²) in [6.45, 7) is 2.03. The molecule has 2 N–H and O–H groups in total. The van der Waals surface area contributed by atoms with E-state index < -0.39 is 7.82 Å². The number of hydrogen-bond donors (Lipinski definition) is 2. The summed E-state index contributed by atoms with van der Waals surface area (Å²) in [4.78, 5) is 31.1. The number of nitrogens with zero attached hydrogens (tertiary/aromatic N) is 4. The van der Waals surface area contributed by atoms with E-state index in [1.54, 1.807) is 18.1 Å². The van der Waals surface area contributed by atoms with Crippen molar-refractivity contribution in [2.45, 2.75) is 31.0 Å². The van der Waals surface area contributed by atoms with Crippen LogP contribution >= 0.6 is 19.6 Å². The quantitative estimate of drug-likeness (QED) is 0.803. The number of imidazole rings is 1.